The number of carbonyl (C=O) groups is 1. The van der Waals surface area contributed by atoms with Gasteiger partial charge in [-0.1, -0.05) is 34.4 Å². The molecular formula is C28H25Cl2N3O4S. The van der Waals surface area contributed by atoms with Crippen LogP contribution in [0.15, 0.2) is 40.4 Å². The molecule has 3 atom stereocenters. The van der Waals surface area contributed by atoms with Gasteiger partial charge in [0.25, 0.3) is 0 Å². The molecule has 3 unspecified atom stereocenters. The molecule has 3 fully saturated rings. The molecule has 1 aliphatic heterocycles. The molecule has 0 spiro atoms. The molecule has 3 aliphatic rings. The first kappa shape index (κ1) is 24.4. The normalized spacial score (nSPS) is 22.5. The van der Waals surface area contributed by atoms with Crippen molar-refractivity contribution in [2.75, 3.05) is 18.6 Å². The highest BCUT2D eigenvalue weighted by molar-refractivity contribution is 7.16. The molecule has 7 rings (SSSR count). The zero-order valence-electron chi connectivity index (χ0n) is 20.7. The van der Waals surface area contributed by atoms with E-state index in [0.29, 0.717) is 45.3 Å². The van der Waals surface area contributed by atoms with Gasteiger partial charge in [0.1, 0.15) is 17.0 Å². The van der Waals surface area contributed by atoms with E-state index in [4.69, 9.17) is 37.2 Å². The van der Waals surface area contributed by atoms with E-state index in [1.807, 2.05) is 35.8 Å². The number of hydrogen-bond donors (Lipinski definition) is 0. The Morgan fingerprint density at radius 3 is 2.76 bits per heavy atom. The molecule has 7 nitrogen and oxygen atoms in total. The summed E-state index contributed by atoms with van der Waals surface area (Å²) in [5, 5.41) is 5.48. The van der Waals surface area contributed by atoms with E-state index in [-0.39, 0.29) is 18.1 Å². The van der Waals surface area contributed by atoms with Gasteiger partial charge in [0.15, 0.2) is 0 Å². The molecule has 196 valence electrons. The van der Waals surface area contributed by atoms with Crippen molar-refractivity contribution in [1.29, 1.82) is 0 Å². The summed E-state index contributed by atoms with van der Waals surface area (Å²) in [6.07, 6.45) is 4.23. The summed E-state index contributed by atoms with van der Waals surface area (Å²) in [5.41, 5.74) is 6.54. The first-order valence-electron chi connectivity index (χ1n) is 12.8. The Morgan fingerprint density at radius 2 is 2.03 bits per heavy atom. The van der Waals surface area contributed by atoms with E-state index < -0.39 is 0 Å². The van der Waals surface area contributed by atoms with Crippen LogP contribution in [0.4, 0.5) is 5.69 Å². The van der Waals surface area contributed by atoms with Gasteiger partial charge < -0.3 is 18.9 Å². The largest absolute Gasteiger partial charge is 0.465 e. The molecule has 1 saturated heterocycles. The molecule has 4 aromatic rings. The number of carbonyl (C=O) groups excluding carboxylic acids is 1. The van der Waals surface area contributed by atoms with E-state index in [9.17, 15) is 4.79 Å². The van der Waals surface area contributed by atoms with Crippen molar-refractivity contribution in [3.05, 3.63) is 62.8 Å². The van der Waals surface area contributed by atoms with Crippen LogP contribution in [0.5, 0.6) is 0 Å². The molecule has 10 heteroatoms. The summed E-state index contributed by atoms with van der Waals surface area (Å²) in [7, 11) is 1.41. The number of thiazole rings is 1. The highest BCUT2D eigenvalue weighted by Gasteiger charge is 2.47. The van der Waals surface area contributed by atoms with Gasteiger partial charge in [-0.25, -0.2) is 9.78 Å². The van der Waals surface area contributed by atoms with E-state index >= 15 is 0 Å². The third-order valence-corrected chi connectivity index (χ3v) is 9.39. The summed E-state index contributed by atoms with van der Waals surface area (Å²) in [6.45, 7) is 1.30. The maximum Gasteiger partial charge on any atom is 0.337 e. The molecule has 2 aromatic heterocycles. The lowest BCUT2D eigenvalue weighted by atomic mass is 10.0. The number of rotatable bonds is 7. The van der Waals surface area contributed by atoms with Crippen molar-refractivity contribution in [1.82, 2.24) is 10.1 Å². The molecule has 0 N–H and O–H groups in total. The number of fused-ring (bicyclic) bond motifs is 3. The van der Waals surface area contributed by atoms with E-state index in [2.05, 4.69) is 15.0 Å². The van der Waals surface area contributed by atoms with Gasteiger partial charge in [0.2, 0.25) is 0 Å². The molecule has 0 amide bonds. The predicted octanol–water partition coefficient (Wildman–Crippen LogP) is 7.11. The second-order valence-corrected chi connectivity index (χ2v) is 12.0. The fourth-order valence-electron chi connectivity index (χ4n) is 6.06. The molecule has 3 heterocycles. The molecule has 2 saturated carbocycles. The minimum Gasteiger partial charge on any atom is -0.465 e. The highest BCUT2D eigenvalue weighted by Crippen LogP contribution is 2.48. The Morgan fingerprint density at radius 1 is 1.21 bits per heavy atom. The predicted molar refractivity (Wildman–Crippen MR) is 147 cm³/mol. The second kappa shape index (κ2) is 9.52. The summed E-state index contributed by atoms with van der Waals surface area (Å²) in [5.74, 6) is 1.42. The number of benzene rings is 2. The number of esters is 1. The van der Waals surface area contributed by atoms with Crippen LogP contribution in [0.1, 0.15) is 53.3 Å². The van der Waals surface area contributed by atoms with Gasteiger partial charge in [-0.05, 0) is 55.9 Å². The molecule has 38 heavy (non-hydrogen) atoms. The number of anilines is 1. The van der Waals surface area contributed by atoms with Gasteiger partial charge in [-0.3, -0.25) is 0 Å². The Hall–Kier alpha value is -2.65. The number of piperidine rings is 1. The van der Waals surface area contributed by atoms with Gasteiger partial charge in [0.05, 0.1) is 57.4 Å². The van der Waals surface area contributed by atoms with Crippen molar-refractivity contribution in [2.24, 2.45) is 5.92 Å². The van der Waals surface area contributed by atoms with Crippen molar-refractivity contribution < 1.29 is 18.8 Å². The fraction of sp³-hybridized carbons (Fsp3) is 0.393. The van der Waals surface area contributed by atoms with Crippen LogP contribution in [-0.4, -0.2) is 41.9 Å². The number of hydrogen-bond acceptors (Lipinski definition) is 8. The minimum atomic E-state index is -0.343. The van der Waals surface area contributed by atoms with Crippen LogP contribution in [0.3, 0.4) is 0 Å². The minimum absolute atomic E-state index is 0.0285. The van der Waals surface area contributed by atoms with Gasteiger partial charge in [-0.2, -0.15) is 0 Å². The SMILES string of the molecule is COC(=O)c1cc(N2CC3CC(OCc4c(-c5c(Cl)cccc5Cl)noc4C4CC4)C2C3)c2ncsc2c1. The van der Waals surface area contributed by atoms with Gasteiger partial charge in [0, 0.05) is 23.6 Å². The summed E-state index contributed by atoms with van der Waals surface area (Å²) in [4.78, 5) is 19.4. The van der Waals surface area contributed by atoms with Crippen molar-refractivity contribution in [3.8, 4) is 11.3 Å². The average molecular weight is 570 g/mol. The van der Waals surface area contributed by atoms with Crippen LogP contribution < -0.4 is 4.90 Å². The third kappa shape index (κ3) is 4.09. The Labute approximate surface area is 233 Å². The van der Waals surface area contributed by atoms with E-state index in [0.717, 1.165) is 59.5 Å². The standard InChI is InChI=1S/C28H25Cl2N3O4S/c1-35-28(34)16-9-21(26-23(10-16)38-13-31-26)33-11-14-7-20(33)22(8-14)36-12-17-25(32-37-27(17)15-5-6-15)24-18(29)3-2-4-19(24)30/h2-4,9-10,13-15,20,22H,5-8,11-12H2,1H3. The van der Waals surface area contributed by atoms with Crippen molar-refractivity contribution >= 4 is 56.4 Å². The van der Waals surface area contributed by atoms with Crippen molar-refractivity contribution in [2.45, 2.75) is 50.4 Å². The molecular weight excluding hydrogens is 545 g/mol. The zero-order valence-corrected chi connectivity index (χ0v) is 23.0. The number of ether oxygens (including phenoxy) is 2. The highest BCUT2D eigenvalue weighted by atomic mass is 35.5. The fourth-order valence-corrected chi connectivity index (χ4v) is 7.38. The Bertz CT molecular complexity index is 1530. The second-order valence-electron chi connectivity index (χ2n) is 10.3. The molecule has 0 radical (unpaired) electrons. The maximum absolute atomic E-state index is 12.4. The smallest absolute Gasteiger partial charge is 0.337 e. The molecule has 2 aliphatic carbocycles. The number of halogens is 2. The Balaban J connectivity index is 1.18. The number of nitrogens with zero attached hydrogens (tertiary/aromatic N) is 3. The van der Waals surface area contributed by atoms with Gasteiger partial charge in [-0.15, -0.1) is 11.3 Å². The average Bonchev–Trinajstić information content (AvgIpc) is 3.27. The van der Waals surface area contributed by atoms with Crippen LogP contribution in [-0.2, 0) is 16.1 Å². The van der Waals surface area contributed by atoms with Crippen LogP contribution in [0, 0.1) is 5.92 Å². The Kier molecular flexibility index (Phi) is 6.11. The van der Waals surface area contributed by atoms with Gasteiger partial charge >= 0.3 is 5.97 Å². The first-order chi connectivity index (χ1) is 18.5. The number of methoxy groups -OCH3 is 1. The van der Waals surface area contributed by atoms with Crippen LogP contribution >= 0.6 is 34.5 Å². The first-order valence-corrected chi connectivity index (χ1v) is 14.4. The molecule has 2 aromatic carbocycles. The lowest BCUT2D eigenvalue weighted by molar-refractivity contribution is 0.0256. The third-order valence-electron chi connectivity index (χ3n) is 7.98. The summed E-state index contributed by atoms with van der Waals surface area (Å²) >= 11 is 14.6. The molecule has 2 bridgehead atoms. The van der Waals surface area contributed by atoms with Crippen molar-refractivity contribution in [3.63, 3.8) is 0 Å². The topological polar surface area (TPSA) is 77.7 Å². The monoisotopic (exact) mass is 569 g/mol. The lowest BCUT2D eigenvalue weighted by Gasteiger charge is -2.35. The van der Waals surface area contributed by atoms with E-state index in [1.54, 1.807) is 0 Å². The quantitative estimate of drug-likeness (QED) is 0.219. The number of aromatic nitrogens is 2. The zero-order chi connectivity index (χ0) is 26.0. The van der Waals surface area contributed by atoms with Crippen LogP contribution in [0.25, 0.3) is 21.5 Å². The summed E-state index contributed by atoms with van der Waals surface area (Å²) in [6, 6.07) is 9.41. The van der Waals surface area contributed by atoms with E-state index in [1.165, 1.54) is 18.4 Å². The summed E-state index contributed by atoms with van der Waals surface area (Å²) < 4.78 is 18.5. The lowest BCUT2D eigenvalue weighted by Crippen LogP contribution is -2.42. The maximum atomic E-state index is 12.4. The van der Waals surface area contributed by atoms with Crippen LogP contribution in [0.2, 0.25) is 10.0 Å².